The summed E-state index contributed by atoms with van der Waals surface area (Å²) in [6.45, 7) is 2.81. The summed E-state index contributed by atoms with van der Waals surface area (Å²) in [6, 6.07) is 5.60. The van der Waals surface area contributed by atoms with Crippen molar-refractivity contribution in [2.45, 2.75) is 26.3 Å². The van der Waals surface area contributed by atoms with Gasteiger partial charge < -0.3 is 24.8 Å². The normalized spacial score (nSPS) is 11.3. The molecule has 0 saturated carbocycles. The molecule has 1 rings (SSSR count). The van der Waals surface area contributed by atoms with Crippen molar-refractivity contribution in [2.24, 2.45) is 5.92 Å². The molecule has 0 heterocycles. The lowest BCUT2D eigenvalue weighted by Crippen LogP contribution is -2.44. The first-order valence-electron chi connectivity index (χ1n) is 8.71. The number of carbonyl (C=O) groups excluding carboxylic acids is 4. The molecule has 2 amide bonds. The van der Waals surface area contributed by atoms with Crippen LogP contribution in [0.4, 0.5) is 0 Å². The van der Waals surface area contributed by atoms with E-state index >= 15 is 0 Å². The summed E-state index contributed by atoms with van der Waals surface area (Å²) in [5.74, 6) is -1.82. The van der Waals surface area contributed by atoms with Gasteiger partial charge in [-0.1, -0.05) is 19.9 Å². The third-order valence-electron chi connectivity index (χ3n) is 3.62. The molecule has 0 unspecified atom stereocenters. The van der Waals surface area contributed by atoms with Gasteiger partial charge in [-0.25, -0.2) is 4.79 Å². The Morgan fingerprint density at radius 1 is 1.11 bits per heavy atom. The first-order valence-corrected chi connectivity index (χ1v) is 8.71. The third kappa shape index (κ3) is 8.07. The predicted molar refractivity (Wildman–Crippen MR) is 99.7 cm³/mol. The summed E-state index contributed by atoms with van der Waals surface area (Å²) in [5, 5.41) is 4.86. The molecule has 0 spiro atoms. The van der Waals surface area contributed by atoms with Gasteiger partial charge in [0.1, 0.15) is 18.3 Å². The monoisotopic (exact) mass is 394 g/mol. The molecule has 154 valence electrons. The van der Waals surface area contributed by atoms with Gasteiger partial charge in [-0.15, -0.1) is 0 Å². The fraction of sp³-hybridized carbons (Fsp3) is 0.474. The molecule has 1 atom stereocenters. The lowest BCUT2D eigenvalue weighted by Gasteiger charge is -2.18. The quantitative estimate of drug-likeness (QED) is 0.560. The Balaban J connectivity index is 2.43. The van der Waals surface area contributed by atoms with Gasteiger partial charge in [0.15, 0.2) is 6.61 Å². The van der Waals surface area contributed by atoms with Gasteiger partial charge in [0.25, 0.3) is 11.8 Å². The summed E-state index contributed by atoms with van der Waals surface area (Å²) in [6.07, 6.45) is 0.392. The highest BCUT2D eigenvalue weighted by molar-refractivity contribution is 5.96. The lowest BCUT2D eigenvalue weighted by atomic mass is 10.0. The molecule has 0 aliphatic carbocycles. The minimum Gasteiger partial charge on any atom is -0.497 e. The van der Waals surface area contributed by atoms with E-state index in [-0.39, 0.29) is 5.92 Å². The molecule has 0 bridgehead atoms. The minimum absolute atomic E-state index is 0.152. The first kappa shape index (κ1) is 22.9. The second-order valence-corrected chi connectivity index (χ2v) is 6.35. The van der Waals surface area contributed by atoms with Crippen LogP contribution in [0.3, 0.4) is 0 Å². The Hall–Kier alpha value is -3.10. The second-order valence-electron chi connectivity index (χ2n) is 6.35. The number of rotatable bonds is 10. The first-order chi connectivity index (χ1) is 13.3. The highest BCUT2D eigenvalue weighted by Crippen LogP contribution is 2.12. The molecular formula is C19H26N2O7. The molecule has 9 heteroatoms. The average Bonchev–Trinajstić information content (AvgIpc) is 2.68. The van der Waals surface area contributed by atoms with Crippen LogP contribution < -0.4 is 15.4 Å². The maximum atomic E-state index is 12.0. The molecule has 2 N–H and O–H groups in total. The van der Waals surface area contributed by atoms with Gasteiger partial charge in [0.2, 0.25) is 0 Å². The maximum Gasteiger partial charge on any atom is 0.328 e. The molecule has 9 nitrogen and oxygen atoms in total. The zero-order chi connectivity index (χ0) is 21.1. The SMILES string of the molecule is COC(=O)[C@@H](CC(C)C)NC(=O)COC(=O)CNC(=O)c1cccc(OC)c1. The van der Waals surface area contributed by atoms with Crippen molar-refractivity contribution < 1.29 is 33.4 Å². The molecule has 28 heavy (non-hydrogen) atoms. The van der Waals surface area contributed by atoms with Crippen molar-refractivity contribution in [2.75, 3.05) is 27.4 Å². The number of esters is 2. The van der Waals surface area contributed by atoms with Crippen molar-refractivity contribution in [1.29, 1.82) is 0 Å². The average molecular weight is 394 g/mol. The summed E-state index contributed by atoms with van der Waals surface area (Å²) < 4.78 is 14.5. The molecule has 1 aromatic rings. The van der Waals surface area contributed by atoms with Crippen molar-refractivity contribution in [3.05, 3.63) is 29.8 Å². The van der Waals surface area contributed by atoms with Crippen LogP contribution >= 0.6 is 0 Å². The molecule has 0 aliphatic heterocycles. The number of carbonyl (C=O) groups is 4. The number of methoxy groups -OCH3 is 2. The Kier molecular flexibility index (Phi) is 9.49. The van der Waals surface area contributed by atoms with Gasteiger partial charge in [-0.2, -0.15) is 0 Å². The zero-order valence-electron chi connectivity index (χ0n) is 16.4. The van der Waals surface area contributed by atoms with Gasteiger partial charge in [0.05, 0.1) is 14.2 Å². The Bertz CT molecular complexity index is 703. The van der Waals surface area contributed by atoms with Crippen LogP contribution in [0.15, 0.2) is 24.3 Å². The van der Waals surface area contributed by atoms with E-state index < -0.39 is 42.9 Å². The smallest absolute Gasteiger partial charge is 0.328 e. The van der Waals surface area contributed by atoms with Crippen LogP contribution in [0.2, 0.25) is 0 Å². The van der Waals surface area contributed by atoms with E-state index in [2.05, 4.69) is 15.4 Å². The van der Waals surface area contributed by atoms with Crippen LogP contribution in [0.5, 0.6) is 5.75 Å². The van der Waals surface area contributed by atoms with Crippen molar-refractivity contribution in [3.8, 4) is 5.75 Å². The largest absolute Gasteiger partial charge is 0.497 e. The number of ether oxygens (including phenoxy) is 3. The van der Waals surface area contributed by atoms with E-state index in [0.29, 0.717) is 17.7 Å². The standard InChI is InChI=1S/C19H26N2O7/c1-12(2)8-15(19(25)27-4)21-16(22)11-28-17(23)10-20-18(24)13-6-5-7-14(9-13)26-3/h5-7,9,12,15H,8,10-11H2,1-4H3,(H,20,24)(H,21,22)/t15-/m1/s1. The molecule has 1 aromatic carbocycles. The summed E-state index contributed by atoms with van der Waals surface area (Å²) in [5.41, 5.74) is 0.319. The lowest BCUT2D eigenvalue weighted by molar-refractivity contribution is -0.149. The molecular weight excluding hydrogens is 368 g/mol. The fourth-order valence-corrected chi connectivity index (χ4v) is 2.28. The summed E-state index contributed by atoms with van der Waals surface area (Å²) >= 11 is 0. The number of hydrogen-bond donors (Lipinski definition) is 2. The second kappa shape index (κ2) is 11.6. The van der Waals surface area contributed by atoms with Crippen LogP contribution in [0.25, 0.3) is 0 Å². The minimum atomic E-state index is -0.816. The van der Waals surface area contributed by atoms with E-state index in [1.54, 1.807) is 18.2 Å². The van der Waals surface area contributed by atoms with Crippen LogP contribution in [-0.4, -0.2) is 57.2 Å². The predicted octanol–water partition coefficient (Wildman–Crippen LogP) is 0.672. The highest BCUT2D eigenvalue weighted by Gasteiger charge is 2.23. The van der Waals surface area contributed by atoms with Crippen LogP contribution in [0, 0.1) is 5.92 Å². The van der Waals surface area contributed by atoms with Gasteiger partial charge in [0, 0.05) is 5.56 Å². The van der Waals surface area contributed by atoms with Gasteiger partial charge >= 0.3 is 11.9 Å². The number of amides is 2. The van der Waals surface area contributed by atoms with Crippen molar-refractivity contribution >= 4 is 23.8 Å². The fourth-order valence-electron chi connectivity index (χ4n) is 2.28. The third-order valence-corrected chi connectivity index (χ3v) is 3.62. The molecule has 0 saturated heterocycles. The van der Waals surface area contributed by atoms with Crippen LogP contribution in [0.1, 0.15) is 30.6 Å². The Labute approximate surface area is 163 Å². The van der Waals surface area contributed by atoms with Gasteiger partial charge in [-0.05, 0) is 30.5 Å². The molecule has 0 aromatic heterocycles. The van der Waals surface area contributed by atoms with E-state index in [1.165, 1.54) is 20.3 Å². The summed E-state index contributed by atoms with van der Waals surface area (Å²) in [7, 11) is 2.71. The molecule has 0 aliphatic rings. The van der Waals surface area contributed by atoms with Crippen molar-refractivity contribution in [3.63, 3.8) is 0 Å². The van der Waals surface area contributed by atoms with E-state index in [0.717, 1.165) is 0 Å². The molecule has 0 fully saturated rings. The number of benzene rings is 1. The van der Waals surface area contributed by atoms with E-state index in [1.807, 2.05) is 13.8 Å². The Morgan fingerprint density at radius 2 is 1.82 bits per heavy atom. The molecule has 0 radical (unpaired) electrons. The van der Waals surface area contributed by atoms with E-state index in [9.17, 15) is 19.2 Å². The highest BCUT2D eigenvalue weighted by atomic mass is 16.5. The maximum absolute atomic E-state index is 12.0. The Morgan fingerprint density at radius 3 is 2.43 bits per heavy atom. The van der Waals surface area contributed by atoms with E-state index in [4.69, 9.17) is 9.47 Å². The number of hydrogen-bond acceptors (Lipinski definition) is 7. The summed E-state index contributed by atoms with van der Waals surface area (Å²) in [4.78, 5) is 47.3. The topological polar surface area (TPSA) is 120 Å². The van der Waals surface area contributed by atoms with Crippen LogP contribution in [-0.2, 0) is 23.9 Å². The van der Waals surface area contributed by atoms with Crippen molar-refractivity contribution in [1.82, 2.24) is 10.6 Å². The zero-order valence-corrected chi connectivity index (χ0v) is 16.4. The van der Waals surface area contributed by atoms with Gasteiger partial charge in [-0.3, -0.25) is 14.4 Å². The number of nitrogens with one attached hydrogen (secondary N) is 2.